The van der Waals surface area contributed by atoms with E-state index in [4.69, 9.17) is 9.47 Å². The van der Waals surface area contributed by atoms with Gasteiger partial charge in [-0.3, -0.25) is 9.69 Å². The van der Waals surface area contributed by atoms with E-state index in [1.165, 1.54) is 12.1 Å². The quantitative estimate of drug-likeness (QED) is 0.766. The molecule has 27 heavy (non-hydrogen) atoms. The lowest BCUT2D eigenvalue weighted by atomic mass is 10.2. The van der Waals surface area contributed by atoms with Crippen LogP contribution in [0.5, 0.6) is 17.2 Å². The summed E-state index contributed by atoms with van der Waals surface area (Å²) in [7, 11) is 1.78. The molecule has 1 heterocycles. The van der Waals surface area contributed by atoms with E-state index in [0.717, 1.165) is 11.1 Å². The SMILES string of the molecule is CN(CC(=O)NCc1ccc2c(c1)OCO2)Cc1cccc(OC(F)F)c1. The fraction of sp³-hybridized carbons (Fsp3) is 0.316. The number of hydrogen-bond donors (Lipinski definition) is 1. The van der Waals surface area contributed by atoms with Gasteiger partial charge in [-0.05, 0) is 42.4 Å². The van der Waals surface area contributed by atoms with Crippen molar-refractivity contribution in [2.45, 2.75) is 19.7 Å². The van der Waals surface area contributed by atoms with Crippen LogP contribution in [0.25, 0.3) is 0 Å². The molecular weight excluding hydrogens is 358 g/mol. The number of alkyl halides is 2. The molecule has 1 aliphatic rings. The van der Waals surface area contributed by atoms with Crippen molar-refractivity contribution in [1.29, 1.82) is 0 Å². The van der Waals surface area contributed by atoms with E-state index in [9.17, 15) is 13.6 Å². The van der Waals surface area contributed by atoms with Crippen LogP contribution in [-0.4, -0.2) is 37.8 Å². The first-order valence-electron chi connectivity index (χ1n) is 8.37. The molecule has 0 saturated carbocycles. The summed E-state index contributed by atoms with van der Waals surface area (Å²) >= 11 is 0. The molecule has 3 rings (SSSR count). The van der Waals surface area contributed by atoms with Crippen LogP contribution in [0.2, 0.25) is 0 Å². The van der Waals surface area contributed by atoms with Gasteiger partial charge in [-0.25, -0.2) is 0 Å². The standard InChI is InChI=1S/C19H20F2N2O4/c1-23(10-14-3-2-4-15(7-14)27-19(20)21)11-18(24)22-9-13-5-6-16-17(8-13)26-12-25-16/h2-8,19H,9-12H2,1H3,(H,22,24). The van der Waals surface area contributed by atoms with Gasteiger partial charge in [0.2, 0.25) is 12.7 Å². The van der Waals surface area contributed by atoms with Crippen molar-refractivity contribution in [3.05, 3.63) is 53.6 Å². The van der Waals surface area contributed by atoms with Gasteiger partial charge in [-0.1, -0.05) is 18.2 Å². The summed E-state index contributed by atoms with van der Waals surface area (Å²) in [5.41, 5.74) is 1.69. The number of carbonyl (C=O) groups is 1. The lowest BCUT2D eigenvalue weighted by Gasteiger charge is -2.17. The van der Waals surface area contributed by atoms with Crippen LogP contribution in [0.3, 0.4) is 0 Å². The molecule has 0 aromatic heterocycles. The van der Waals surface area contributed by atoms with Crippen LogP contribution < -0.4 is 19.5 Å². The number of amides is 1. The Kier molecular flexibility index (Phi) is 6.08. The van der Waals surface area contributed by atoms with E-state index in [1.54, 1.807) is 24.1 Å². The van der Waals surface area contributed by atoms with Gasteiger partial charge in [0, 0.05) is 13.1 Å². The molecule has 0 atom stereocenters. The third kappa shape index (κ3) is 5.55. The summed E-state index contributed by atoms with van der Waals surface area (Å²) in [6, 6.07) is 11.9. The molecule has 0 saturated heterocycles. The van der Waals surface area contributed by atoms with Gasteiger partial charge < -0.3 is 19.5 Å². The molecule has 144 valence electrons. The first-order chi connectivity index (χ1) is 13.0. The van der Waals surface area contributed by atoms with Gasteiger partial charge in [0.15, 0.2) is 11.5 Å². The van der Waals surface area contributed by atoms with Crippen molar-refractivity contribution >= 4 is 5.91 Å². The number of ether oxygens (including phenoxy) is 3. The maximum Gasteiger partial charge on any atom is 0.387 e. The third-order valence-electron chi connectivity index (χ3n) is 3.92. The second-order valence-electron chi connectivity index (χ2n) is 6.16. The Hall–Kier alpha value is -2.87. The molecule has 0 radical (unpaired) electrons. The van der Waals surface area contributed by atoms with E-state index in [1.807, 2.05) is 18.2 Å². The molecule has 8 heteroatoms. The van der Waals surface area contributed by atoms with Crippen molar-refractivity contribution in [3.63, 3.8) is 0 Å². The molecule has 0 unspecified atom stereocenters. The molecule has 1 amide bonds. The Bertz CT molecular complexity index is 801. The number of halogens is 2. The van der Waals surface area contributed by atoms with Crippen molar-refractivity contribution in [1.82, 2.24) is 10.2 Å². The van der Waals surface area contributed by atoms with Crippen LogP contribution in [0.1, 0.15) is 11.1 Å². The Morgan fingerprint density at radius 3 is 2.81 bits per heavy atom. The topological polar surface area (TPSA) is 60.0 Å². The predicted octanol–water partition coefficient (Wildman–Crippen LogP) is 2.76. The van der Waals surface area contributed by atoms with Gasteiger partial charge in [0.25, 0.3) is 0 Å². The monoisotopic (exact) mass is 378 g/mol. The number of fused-ring (bicyclic) bond motifs is 1. The number of rotatable bonds is 8. The highest BCUT2D eigenvalue weighted by Crippen LogP contribution is 2.32. The second kappa shape index (κ2) is 8.68. The average Bonchev–Trinajstić information content (AvgIpc) is 3.07. The first-order valence-corrected chi connectivity index (χ1v) is 8.37. The molecular formula is C19H20F2N2O4. The minimum absolute atomic E-state index is 0.100. The molecule has 0 fully saturated rings. The van der Waals surface area contributed by atoms with E-state index < -0.39 is 6.61 Å². The van der Waals surface area contributed by atoms with E-state index >= 15 is 0 Å². The Balaban J connectivity index is 1.46. The van der Waals surface area contributed by atoms with E-state index in [0.29, 0.717) is 24.6 Å². The normalized spacial score (nSPS) is 12.5. The highest BCUT2D eigenvalue weighted by Gasteiger charge is 2.14. The van der Waals surface area contributed by atoms with Crippen LogP contribution in [-0.2, 0) is 17.9 Å². The van der Waals surface area contributed by atoms with Gasteiger partial charge in [0.05, 0.1) is 6.54 Å². The average molecular weight is 378 g/mol. The highest BCUT2D eigenvalue weighted by atomic mass is 19.3. The summed E-state index contributed by atoms with van der Waals surface area (Å²) in [4.78, 5) is 13.9. The van der Waals surface area contributed by atoms with Crippen molar-refractivity contribution in [3.8, 4) is 17.2 Å². The molecule has 6 nitrogen and oxygen atoms in total. The lowest BCUT2D eigenvalue weighted by molar-refractivity contribution is -0.122. The third-order valence-corrected chi connectivity index (χ3v) is 3.92. The Morgan fingerprint density at radius 1 is 1.19 bits per heavy atom. The molecule has 1 aliphatic heterocycles. The fourth-order valence-corrected chi connectivity index (χ4v) is 2.74. The maximum absolute atomic E-state index is 12.3. The zero-order chi connectivity index (χ0) is 19.2. The molecule has 1 N–H and O–H groups in total. The van der Waals surface area contributed by atoms with Crippen molar-refractivity contribution < 1.29 is 27.8 Å². The first kappa shape index (κ1) is 18.9. The molecule has 0 aliphatic carbocycles. The van der Waals surface area contributed by atoms with Crippen molar-refractivity contribution in [2.75, 3.05) is 20.4 Å². The maximum atomic E-state index is 12.3. The zero-order valence-corrected chi connectivity index (χ0v) is 14.8. The minimum Gasteiger partial charge on any atom is -0.454 e. The lowest BCUT2D eigenvalue weighted by Crippen LogP contribution is -2.34. The number of likely N-dealkylation sites (N-methyl/N-ethyl adjacent to an activating group) is 1. The second-order valence-corrected chi connectivity index (χ2v) is 6.16. The van der Waals surface area contributed by atoms with Gasteiger partial charge in [0.1, 0.15) is 5.75 Å². The molecule has 2 aromatic rings. The van der Waals surface area contributed by atoms with Crippen LogP contribution in [0.15, 0.2) is 42.5 Å². The van der Waals surface area contributed by atoms with Crippen LogP contribution in [0.4, 0.5) is 8.78 Å². The smallest absolute Gasteiger partial charge is 0.387 e. The molecule has 0 spiro atoms. The largest absolute Gasteiger partial charge is 0.454 e. The number of hydrogen-bond acceptors (Lipinski definition) is 5. The minimum atomic E-state index is -2.86. The Morgan fingerprint density at radius 2 is 2.00 bits per heavy atom. The summed E-state index contributed by atoms with van der Waals surface area (Å²) in [5.74, 6) is 1.32. The number of nitrogens with one attached hydrogen (secondary N) is 1. The number of carbonyl (C=O) groups excluding carboxylic acids is 1. The van der Waals surface area contributed by atoms with Gasteiger partial charge >= 0.3 is 6.61 Å². The van der Waals surface area contributed by atoms with Gasteiger partial charge in [-0.2, -0.15) is 8.78 Å². The van der Waals surface area contributed by atoms with Crippen LogP contribution in [0, 0.1) is 0 Å². The summed E-state index contributed by atoms with van der Waals surface area (Å²) in [5, 5.41) is 2.84. The zero-order valence-electron chi connectivity index (χ0n) is 14.8. The molecule has 2 aromatic carbocycles. The summed E-state index contributed by atoms with van der Waals surface area (Å²) in [6.07, 6.45) is 0. The van der Waals surface area contributed by atoms with Crippen LogP contribution >= 0.6 is 0 Å². The highest BCUT2D eigenvalue weighted by molar-refractivity contribution is 5.78. The number of nitrogens with zero attached hydrogens (tertiary/aromatic N) is 1. The predicted molar refractivity (Wildman–Crippen MR) is 93.8 cm³/mol. The van der Waals surface area contributed by atoms with Crippen molar-refractivity contribution in [2.24, 2.45) is 0 Å². The summed E-state index contributed by atoms with van der Waals surface area (Å²) in [6.45, 7) is -1.68. The summed E-state index contributed by atoms with van der Waals surface area (Å²) < 4.78 is 39.5. The molecule has 0 bridgehead atoms. The van der Waals surface area contributed by atoms with E-state index in [2.05, 4.69) is 10.1 Å². The van der Waals surface area contributed by atoms with E-state index in [-0.39, 0.29) is 25.0 Å². The van der Waals surface area contributed by atoms with Gasteiger partial charge in [-0.15, -0.1) is 0 Å². The fourth-order valence-electron chi connectivity index (χ4n) is 2.74. The Labute approximate surface area is 155 Å². The number of benzene rings is 2.